The van der Waals surface area contributed by atoms with Gasteiger partial charge in [0.25, 0.3) is 0 Å². The van der Waals surface area contributed by atoms with Gasteiger partial charge in [0.05, 0.1) is 13.2 Å². The second-order valence-electron chi connectivity index (χ2n) is 6.14. The zero-order valence-corrected chi connectivity index (χ0v) is 14.6. The van der Waals surface area contributed by atoms with Crippen molar-refractivity contribution in [1.82, 2.24) is 0 Å². The average molecular weight is 315 g/mol. The van der Waals surface area contributed by atoms with Crippen LogP contribution in [-0.2, 0) is 4.74 Å². The van der Waals surface area contributed by atoms with Crippen LogP contribution in [0.15, 0.2) is 12.2 Å². The van der Waals surface area contributed by atoms with Crippen molar-refractivity contribution in [2.24, 2.45) is 0 Å². The highest BCUT2D eigenvalue weighted by molar-refractivity contribution is 4.81. The quantitative estimate of drug-likeness (QED) is 0.304. The standard InChI is InChI=1S/C19H38O3/c1-2-3-4-5-6-7-8-9-10-11-12-13-14-15-16-22-18-19(21)17-20/h9-10,19-21H,2-8,11-18H2,1H3/b10-9+. The van der Waals surface area contributed by atoms with Crippen LogP contribution in [-0.4, -0.2) is 36.1 Å². The van der Waals surface area contributed by atoms with Gasteiger partial charge in [-0.2, -0.15) is 0 Å². The first kappa shape index (κ1) is 21.6. The molecule has 0 saturated heterocycles. The Bertz CT molecular complexity index is 229. The van der Waals surface area contributed by atoms with Crippen molar-refractivity contribution in [2.75, 3.05) is 19.8 Å². The van der Waals surface area contributed by atoms with E-state index in [9.17, 15) is 0 Å². The van der Waals surface area contributed by atoms with E-state index in [1.807, 2.05) is 0 Å². The molecule has 0 rings (SSSR count). The number of ether oxygens (including phenoxy) is 1. The van der Waals surface area contributed by atoms with E-state index in [1.54, 1.807) is 0 Å². The molecule has 0 aromatic rings. The minimum absolute atomic E-state index is 0.217. The highest BCUT2D eigenvalue weighted by atomic mass is 16.5. The lowest BCUT2D eigenvalue weighted by Gasteiger charge is -2.07. The Morgan fingerprint density at radius 2 is 1.36 bits per heavy atom. The normalized spacial score (nSPS) is 13.0. The monoisotopic (exact) mass is 314 g/mol. The highest BCUT2D eigenvalue weighted by Gasteiger charge is 2.00. The van der Waals surface area contributed by atoms with Gasteiger partial charge < -0.3 is 14.9 Å². The third-order valence-electron chi connectivity index (χ3n) is 3.82. The van der Waals surface area contributed by atoms with E-state index < -0.39 is 6.10 Å². The Labute approximate surface area is 137 Å². The minimum Gasteiger partial charge on any atom is -0.394 e. The summed E-state index contributed by atoms with van der Waals surface area (Å²) in [5.41, 5.74) is 0. The number of aliphatic hydroxyl groups is 2. The van der Waals surface area contributed by atoms with Gasteiger partial charge in [0, 0.05) is 6.61 Å². The maximum Gasteiger partial charge on any atom is 0.100 e. The summed E-state index contributed by atoms with van der Waals surface area (Å²) >= 11 is 0. The van der Waals surface area contributed by atoms with Gasteiger partial charge in [-0.05, 0) is 32.1 Å². The second kappa shape index (κ2) is 18.7. The molecule has 132 valence electrons. The van der Waals surface area contributed by atoms with E-state index in [0.717, 1.165) is 6.42 Å². The summed E-state index contributed by atoms with van der Waals surface area (Å²) in [6.07, 6.45) is 19.4. The topological polar surface area (TPSA) is 49.7 Å². The van der Waals surface area contributed by atoms with Crippen LogP contribution >= 0.6 is 0 Å². The zero-order valence-electron chi connectivity index (χ0n) is 14.6. The van der Waals surface area contributed by atoms with E-state index in [-0.39, 0.29) is 13.2 Å². The van der Waals surface area contributed by atoms with E-state index in [0.29, 0.717) is 6.61 Å². The Balaban J connectivity index is 3.08. The first-order chi connectivity index (χ1) is 10.8. The molecule has 0 spiro atoms. The van der Waals surface area contributed by atoms with E-state index in [2.05, 4.69) is 19.1 Å². The van der Waals surface area contributed by atoms with Crippen LogP contribution < -0.4 is 0 Å². The van der Waals surface area contributed by atoms with Crippen LogP contribution in [0.25, 0.3) is 0 Å². The smallest absolute Gasteiger partial charge is 0.100 e. The van der Waals surface area contributed by atoms with E-state index in [1.165, 1.54) is 70.6 Å². The van der Waals surface area contributed by atoms with Gasteiger partial charge in [0.2, 0.25) is 0 Å². The maximum atomic E-state index is 9.09. The van der Waals surface area contributed by atoms with Crippen LogP contribution in [0.1, 0.15) is 84.0 Å². The van der Waals surface area contributed by atoms with Gasteiger partial charge in [-0.3, -0.25) is 0 Å². The van der Waals surface area contributed by atoms with Crippen LogP contribution in [0.5, 0.6) is 0 Å². The summed E-state index contributed by atoms with van der Waals surface area (Å²) in [5.74, 6) is 0. The van der Waals surface area contributed by atoms with E-state index >= 15 is 0 Å². The van der Waals surface area contributed by atoms with Crippen LogP contribution in [0, 0.1) is 0 Å². The fourth-order valence-corrected chi connectivity index (χ4v) is 2.37. The second-order valence-corrected chi connectivity index (χ2v) is 6.14. The molecule has 0 aromatic heterocycles. The lowest BCUT2D eigenvalue weighted by molar-refractivity contribution is 0.00526. The molecule has 0 amide bonds. The van der Waals surface area contributed by atoms with Crippen molar-refractivity contribution in [3.05, 3.63) is 12.2 Å². The SMILES string of the molecule is CCCCCCCC/C=C/CCCCCCOCC(O)CO. The lowest BCUT2D eigenvalue weighted by atomic mass is 10.1. The fourth-order valence-electron chi connectivity index (χ4n) is 2.37. The van der Waals surface area contributed by atoms with Crippen molar-refractivity contribution in [1.29, 1.82) is 0 Å². The molecular weight excluding hydrogens is 276 g/mol. The van der Waals surface area contributed by atoms with Crippen molar-refractivity contribution in [3.8, 4) is 0 Å². The Morgan fingerprint density at radius 1 is 0.818 bits per heavy atom. The zero-order chi connectivity index (χ0) is 16.3. The first-order valence-electron chi connectivity index (χ1n) is 9.33. The largest absolute Gasteiger partial charge is 0.394 e. The van der Waals surface area contributed by atoms with Crippen LogP contribution in [0.3, 0.4) is 0 Å². The predicted molar refractivity (Wildman–Crippen MR) is 94.1 cm³/mol. The molecule has 0 radical (unpaired) electrons. The van der Waals surface area contributed by atoms with Gasteiger partial charge in [-0.15, -0.1) is 0 Å². The molecular formula is C19H38O3. The van der Waals surface area contributed by atoms with Gasteiger partial charge in [0.15, 0.2) is 0 Å². The number of rotatable bonds is 17. The predicted octanol–water partition coefficient (Wildman–Crippen LogP) is 4.61. The summed E-state index contributed by atoms with van der Waals surface area (Å²) in [4.78, 5) is 0. The van der Waals surface area contributed by atoms with Crippen molar-refractivity contribution < 1.29 is 14.9 Å². The Hall–Kier alpha value is -0.380. The van der Waals surface area contributed by atoms with Crippen molar-refractivity contribution in [2.45, 2.75) is 90.1 Å². The maximum absolute atomic E-state index is 9.09. The first-order valence-corrected chi connectivity index (χ1v) is 9.33. The van der Waals surface area contributed by atoms with Gasteiger partial charge >= 0.3 is 0 Å². The summed E-state index contributed by atoms with van der Waals surface area (Å²) in [7, 11) is 0. The molecule has 3 heteroatoms. The number of aliphatic hydroxyl groups excluding tert-OH is 2. The molecule has 0 bridgehead atoms. The van der Waals surface area contributed by atoms with Gasteiger partial charge in [0.1, 0.15) is 6.10 Å². The van der Waals surface area contributed by atoms with Crippen LogP contribution in [0.4, 0.5) is 0 Å². The highest BCUT2D eigenvalue weighted by Crippen LogP contribution is 2.08. The molecule has 1 atom stereocenters. The molecule has 0 aliphatic carbocycles. The third kappa shape index (κ3) is 17.7. The number of hydrogen-bond donors (Lipinski definition) is 2. The van der Waals surface area contributed by atoms with E-state index in [4.69, 9.17) is 14.9 Å². The Morgan fingerprint density at radius 3 is 1.95 bits per heavy atom. The van der Waals surface area contributed by atoms with Crippen LogP contribution in [0.2, 0.25) is 0 Å². The van der Waals surface area contributed by atoms with Crippen molar-refractivity contribution >= 4 is 0 Å². The molecule has 3 nitrogen and oxygen atoms in total. The molecule has 0 fully saturated rings. The molecule has 0 saturated carbocycles. The van der Waals surface area contributed by atoms with Gasteiger partial charge in [-0.25, -0.2) is 0 Å². The fraction of sp³-hybridized carbons (Fsp3) is 0.895. The average Bonchev–Trinajstić information content (AvgIpc) is 2.54. The summed E-state index contributed by atoms with van der Waals surface area (Å²) in [5, 5.41) is 17.7. The molecule has 2 N–H and O–H groups in total. The molecule has 0 heterocycles. The summed E-state index contributed by atoms with van der Waals surface area (Å²) in [6.45, 7) is 2.98. The number of hydrogen-bond acceptors (Lipinski definition) is 3. The molecule has 22 heavy (non-hydrogen) atoms. The molecule has 0 aliphatic rings. The van der Waals surface area contributed by atoms with Gasteiger partial charge in [-0.1, -0.05) is 64.0 Å². The summed E-state index contributed by atoms with van der Waals surface area (Å²) < 4.78 is 5.27. The lowest BCUT2D eigenvalue weighted by Crippen LogP contribution is -2.19. The van der Waals surface area contributed by atoms with Crippen molar-refractivity contribution in [3.63, 3.8) is 0 Å². The number of allylic oxidation sites excluding steroid dienone is 2. The number of unbranched alkanes of at least 4 members (excludes halogenated alkanes) is 10. The molecule has 1 unspecified atom stereocenters. The Kier molecular flexibility index (Phi) is 18.3. The summed E-state index contributed by atoms with van der Waals surface area (Å²) in [6, 6.07) is 0. The molecule has 0 aromatic carbocycles. The molecule has 0 aliphatic heterocycles. The third-order valence-corrected chi connectivity index (χ3v) is 3.82. The minimum atomic E-state index is -0.725.